The lowest BCUT2D eigenvalue weighted by Crippen LogP contribution is -2.21. The normalized spacial score (nSPS) is 12.8. The third kappa shape index (κ3) is 5.53. The summed E-state index contributed by atoms with van der Waals surface area (Å²) in [5.74, 6) is -2.46. The largest absolute Gasteiger partial charge is 0.490 e. The van der Waals surface area contributed by atoms with E-state index in [1.165, 1.54) is 6.07 Å². The Morgan fingerprint density at radius 2 is 1.94 bits per heavy atom. The van der Waals surface area contributed by atoms with Crippen LogP contribution in [0.5, 0.6) is 0 Å². The number of halogens is 3. The predicted octanol–water partition coefficient (Wildman–Crippen LogP) is 1.26. The standard InChI is InChI=1S/C7H12N2O2.C2HF3O2/c1-4(2)7(8)5-3-6(10)11-9-5;3-2(4,5)1(6)7/h3-4,7,9H,8H2,1-2H3;(H,6,7)/t7-;/m0./s1. The van der Waals surface area contributed by atoms with Crippen molar-refractivity contribution in [3.05, 3.63) is 22.2 Å². The molecule has 1 aromatic rings. The van der Waals surface area contributed by atoms with Crippen molar-refractivity contribution in [3.8, 4) is 0 Å². The number of aromatic nitrogens is 1. The highest BCUT2D eigenvalue weighted by atomic mass is 19.4. The minimum absolute atomic E-state index is 0.151. The van der Waals surface area contributed by atoms with Gasteiger partial charge in [-0.3, -0.25) is 0 Å². The number of carbonyl (C=O) groups is 1. The molecule has 6 nitrogen and oxygen atoms in total. The van der Waals surface area contributed by atoms with Crippen LogP contribution in [0.4, 0.5) is 13.2 Å². The summed E-state index contributed by atoms with van der Waals surface area (Å²) in [6, 6.07) is 1.23. The molecule has 0 aliphatic rings. The molecule has 4 N–H and O–H groups in total. The van der Waals surface area contributed by atoms with Gasteiger partial charge in [-0.1, -0.05) is 13.8 Å². The monoisotopic (exact) mass is 270 g/mol. The highest BCUT2D eigenvalue weighted by Crippen LogP contribution is 2.14. The van der Waals surface area contributed by atoms with Gasteiger partial charge in [0.2, 0.25) is 0 Å². The molecule has 0 saturated heterocycles. The van der Waals surface area contributed by atoms with Gasteiger partial charge in [-0.25, -0.2) is 14.7 Å². The second kappa shape index (κ2) is 6.24. The quantitative estimate of drug-likeness (QED) is 0.749. The number of hydrogen-bond acceptors (Lipinski definition) is 4. The van der Waals surface area contributed by atoms with E-state index in [0.717, 1.165) is 0 Å². The zero-order valence-corrected chi connectivity index (χ0v) is 9.62. The van der Waals surface area contributed by atoms with E-state index in [-0.39, 0.29) is 11.7 Å². The van der Waals surface area contributed by atoms with Gasteiger partial charge in [0.15, 0.2) is 0 Å². The van der Waals surface area contributed by atoms with Crippen LogP contribution in [0.15, 0.2) is 15.4 Å². The Morgan fingerprint density at radius 3 is 2.17 bits per heavy atom. The molecular formula is C9H13F3N2O4. The second-order valence-electron chi connectivity index (χ2n) is 3.70. The molecule has 9 heteroatoms. The molecule has 0 bridgehead atoms. The van der Waals surface area contributed by atoms with Crippen molar-refractivity contribution in [2.45, 2.75) is 26.1 Å². The van der Waals surface area contributed by atoms with Crippen molar-refractivity contribution in [2.24, 2.45) is 11.7 Å². The summed E-state index contributed by atoms with van der Waals surface area (Å²) in [6.45, 7) is 3.96. The minimum Gasteiger partial charge on any atom is -0.475 e. The number of aromatic amines is 1. The summed E-state index contributed by atoms with van der Waals surface area (Å²) in [5, 5.41) is 9.60. The van der Waals surface area contributed by atoms with Crippen molar-refractivity contribution >= 4 is 5.97 Å². The molecule has 18 heavy (non-hydrogen) atoms. The van der Waals surface area contributed by atoms with Crippen LogP contribution in [0.25, 0.3) is 0 Å². The molecule has 0 unspecified atom stereocenters. The van der Waals surface area contributed by atoms with Crippen molar-refractivity contribution in [3.63, 3.8) is 0 Å². The fraction of sp³-hybridized carbons (Fsp3) is 0.556. The minimum atomic E-state index is -5.08. The highest BCUT2D eigenvalue weighted by Gasteiger charge is 2.38. The topological polar surface area (TPSA) is 109 Å². The molecule has 0 spiro atoms. The van der Waals surface area contributed by atoms with E-state index in [1.54, 1.807) is 0 Å². The lowest BCUT2D eigenvalue weighted by molar-refractivity contribution is -0.192. The van der Waals surface area contributed by atoms with Gasteiger partial charge in [0.1, 0.15) is 0 Å². The SMILES string of the molecule is CC(C)[C@H](N)c1cc(=O)o[nH]1.O=C(O)C(F)(F)F. The third-order valence-electron chi connectivity index (χ3n) is 1.86. The molecule has 1 rings (SSSR count). The number of alkyl halides is 3. The zero-order valence-electron chi connectivity index (χ0n) is 9.62. The van der Waals surface area contributed by atoms with Crippen LogP contribution in [0.2, 0.25) is 0 Å². The third-order valence-corrected chi connectivity index (χ3v) is 1.86. The Balaban J connectivity index is 0.000000360. The average Bonchev–Trinajstić information content (AvgIpc) is 2.63. The predicted molar refractivity (Wildman–Crippen MR) is 54.8 cm³/mol. The summed E-state index contributed by atoms with van der Waals surface area (Å²) in [6.07, 6.45) is -5.08. The average molecular weight is 270 g/mol. The first-order valence-electron chi connectivity index (χ1n) is 4.79. The number of nitrogens with one attached hydrogen (secondary N) is 1. The van der Waals surface area contributed by atoms with Gasteiger partial charge in [0.05, 0.1) is 11.7 Å². The second-order valence-corrected chi connectivity index (χ2v) is 3.70. The van der Waals surface area contributed by atoms with Crippen LogP contribution in [-0.4, -0.2) is 22.4 Å². The van der Waals surface area contributed by atoms with Crippen LogP contribution in [0, 0.1) is 5.92 Å². The first-order chi connectivity index (χ1) is 8.05. The Kier molecular flexibility index (Phi) is 5.63. The maximum Gasteiger partial charge on any atom is 0.490 e. The molecule has 0 fully saturated rings. The Bertz CT molecular complexity index is 436. The molecular weight excluding hydrogens is 257 g/mol. The summed E-state index contributed by atoms with van der Waals surface area (Å²) in [5.41, 5.74) is 6.00. The van der Waals surface area contributed by atoms with E-state index in [2.05, 4.69) is 9.68 Å². The molecule has 0 amide bonds. The molecule has 1 aromatic heterocycles. The zero-order chi connectivity index (χ0) is 14.5. The van der Waals surface area contributed by atoms with Crippen LogP contribution >= 0.6 is 0 Å². The number of hydrogen-bond donors (Lipinski definition) is 3. The van der Waals surface area contributed by atoms with E-state index in [9.17, 15) is 18.0 Å². The maximum absolute atomic E-state index is 10.6. The van der Waals surface area contributed by atoms with E-state index >= 15 is 0 Å². The van der Waals surface area contributed by atoms with Crippen LogP contribution in [0.1, 0.15) is 25.6 Å². The summed E-state index contributed by atoms with van der Waals surface area (Å²) >= 11 is 0. The lowest BCUT2D eigenvalue weighted by Gasteiger charge is -2.11. The van der Waals surface area contributed by atoms with Gasteiger partial charge in [-0.15, -0.1) is 0 Å². The Morgan fingerprint density at radius 1 is 1.50 bits per heavy atom. The van der Waals surface area contributed by atoms with Crippen molar-refractivity contribution < 1.29 is 27.6 Å². The number of carboxylic acid groups (broad SMARTS) is 1. The van der Waals surface area contributed by atoms with Crippen LogP contribution < -0.4 is 11.4 Å². The van der Waals surface area contributed by atoms with Gasteiger partial charge < -0.3 is 15.4 Å². The molecule has 0 aliphatic heterocycles. The van der Waals surface area contributed by atoms with Crippen molar-refractivity contribution in [2.75, 3.05) is 0 Å². The highest BCUT2D eigenvalue weighted by molar-refractivity contribution is 5.73. The summed E-state index contributed by atoms with van der Waals surface area (Å²) in [7, 11) is 0. The smallest absolute Gasteiger partial charge is 0.475 e. The number of H-pyrrole nitrogens is 1. The molecule has 0 radical (unpaired) electrons. The molecule has 0 saturated carbocycles. The van der Waals surface area contributed by atoms with Gasteiger partial charge in [-0.05, 0) is 5.92 Å². The van der Waals surface area contributed by atoms with Gasteiger partial charge in [0.25, 0.3) is 0 Å². The number of rotatable bonds is 2. The summed E-state index contributed by atoms with van der Waals surface area (Å²) < 4.78 is 36.2. The fourth-order valence-corrected chi connectivity index (χ4v) is 0.818. The van der Waals surface area contributed by atoms with Crippen molar-refractivity contribution in [1.29, 1.82) is 0 Å². The van der Waals surface area contributed by atoms with Crippen LogP contribution in [0.3, 0.4) is 0 Å². The Labute approximate surface area is 99.5 Å². The first-order valence-corrected chi connectivity index (χ1v) is 4.79. The van der Waals surface area contributed by atoms with Gasteiger partial charge >= 0.3 is 17.8 Å². The first kappa shape index (κ1) is 16.2. The number of aliphatic carboxylic acids is 1. The van der Waals surface area contributed by atoms with Gasteiger partial charge in [0, 0.05) is 6.07 Å². The lowest BCUT2D eigenvalue weighted by atomic mass is 10.0. The van der Waals surface area contributed by atoms with E-state index in [1.807, 2.05) is 13.8 Å². The van der Waals surface area contributed by atoms with Crippen molar-refractivity contribution in [1.82, 2.24) is 5.16 Å². The molecule has 0 aromatic carbocycles. The molecule has 1 atom stereocenters. The molecule has 1 heterocycles. The summed E-state index contributed by atoms with van der Waals surface area (Å²) in [4.78, 5) is 19.5. The molecule has 104 valence electrons. The van der Waals surface area contributed by atoms with E-state index in [4.69, 9.17) is 15.6 Å². The molecule has 0 aliphatic carbocycles. The number of nitrogens with two attached hydrogens (primary N) is 1. The number of carboxylic acids is 1. The fourth-order valence-electron chi connectivity index (χ4n) is 0.818. The van der Waals surface area contributed by atoms with E-state index in [0.29, 0.717) is 11.6 Å². The Hall–Kier alpha value is -1.77. The van der Waals surface area contributed by atoms with E-state index < -0.39 is 12.1 Å². The maximum atomic E-state index is 10.6. The van der Waals surface area contributed by atoms with Gasteiger partial charge in [-0.2, -0.15) is 13.2 Å². The van der Waals surface area contributed by atoms with Crippen LogP contribution in [-0.2, 0) is 4.79 Å².